The maximum atomic E-state index is 13.2. The van der Waals surface area contributed by atoms with Crippen molar-refractivity contribution in [3.63, 3.8) is 0 Å². The molecular formula is C17H18FNOS. The number of halogens is 1. The SMILES string of the molecule is CN(Cc1cccc(F)c1)Cc1sccc1C#CCCO. The molecule has 2 nitrogen and oxygen atoms in total. The highest BCUT2D eigenvalue weighted by Gasteiger charge is 2.07. The topological polar surface area (TPSA) is 23.5 Å². The zero-order valence-corrected chi connectivity index (χ0v) is 12.8. The fraction of sp³-hybridized carbons (Fsp3) is 0.294. The molecule has 2 aromatic rings. The second-order valence-corrected chi connectivity index (χ2v) is 5.84. The highest BCUT2D eigenvalue weighted by Crippen LogP contribution is 2.18. The van der Waals surface area contributed by atoms with Gasteiger partial charge in [-0.05, 0) is 36.2 Å². The first-order chi connectivity index (χ1) is 10.2. The van der Waals surface area contributed by atoms with Gasteiger partial charge in [0.05, 0.1) is 6.61 Å². The summed E-state index contributed by atoms with van der Waals surface area (Å²) in [6, 6.07) is 8.68. The Balaban J connectivity index is 1.99. The van der Waals surface area contributed by atoms with Gasteiger partial charge in [-0.3, -0.25) is 4.90 Å². The summed E-state index contributed by atoms with van der Waals surface area (Å²) < 4.78 is 13.2. The van der Waals surface area contributed by atoms with Crippen molar-refractivity contribution in [2.24, 2.45) is 0 Å². The molecule has 0 aliphatic heterocycles. The molecule has 0 saturated heterocycles. The fourth-order valence-corrected chi connectivity index (χ4v) is 2.95. The van der Waals surface area contributed by atoms with Crippen LogP contribution in [0, 0.1) is 17.7 Å². The van der Waals surface area contributed by atoms with Gasteiger partial charge in [-0.15, -0.1) is 11.3 Å². The highest BCUT2D eigenvalue weighted by atomic mass is 32.1. The lowest BCUT2D eigenvalue weighted by atomic mass is 10.2. The van der Waals surface area contributed by atoms with Crippen LogP contribution in [0.25, 0.3) is 0 Å². The van der Waals surface area contributed by atoms with Gasteiger partial charge in [0.1, 0.15) is 5.82 Å². The quantitative estimate of drug-likeness (QED) is 0.857. The summed E-state index contributed by atoms with van der Waals surface area (Å²) in [5, 5.41) is 10.8. The molecule has 1 aromatic heterocycles. The third-order valence-corrected chi connectivity index (χ3v) is 3.87. The average Bonchev–Trinajstić information content (AvgIpc) is 2.86. The summed E-state index contributed by atoms with van der Waals surface area (Å²) >= 11 is 1.67. The van der Waals surface area contributed by atoms with Crippen molar-refractivity contribution in [3.8, 4) is 11.8 Å². The van der Waals surface area contributed by atoms with E-state index < -0.39 is 0 Å². The summed E-state index contributed by atoms with van der Waals surface area (Å²) in [7, 11) is 2.01. The van der Waals surface area contributed by atoms with Crippen LogP contribution in [0.4, 0.5) is 4.39 Å². The van der Waals surface area contributed by atoms with Gasteiger partial charge in [0.25, 0.3) is 0 Å². The molecular weight excluding hydrogens is 285 g/mol. The van der Waals surface area contributed by atoms with Gasteiger partial charge < -0.3 is 5.11 Å². The van der Waals surface area contributed by atoms with E-state index in [1.807, 2.05) is 24.6 Å². The third kappa shape index (κ3) is 4.98. The maximum Gasteiger partial charge on any atom is 0.123 e. The summed E-state index contributed by atoms with van der Waals surface area (Å²) in [6.07, 6.45) is 0.494. The van der Waals surface area contributed by atoms with E-state index in [-0.39, 0.29) is 12.4 Å². The molecule has 0 amide bonds. The van der Waals surface area contributed by atoms with E-state index in [1.54, 1.807) is 23.5 Å². The predicted molar refractivity (Wildman–Crippen MR) is 84.5 cm³/mol. The number of hydrogen-bond donors (Lipinski definition) is 1. The Labute approximate surface area is 128 Å². The van der Waals surface area contributed by atoms with Crippen LogP contribution in [0.15, 0.2) is 35.7 Å². The molecule has 0 saturated carbocycles. The second-order valence-electron chi connectivity index (χ2n) is 4.84. The van der Waals surface area contributed by atoms with Crippen molar-refractivity contribution in [3.05, 3.63) is 57.5 Å². The lowest BCUT2D eigenvalue weighted by Gasteiger charge is -2.16. The zero-order valence-electron chi connectivity index (χ0n) is 12.0. The van der Waals surface area contributed by atoms with Crippen LogP contribution in [0.5, 0.6) is 0 Å². The molecule has 0 aliphatic rings. The zero-order chi connectivity index (χ0) is 15.1. The summed E-state index contributed by atoms with van der Waals surface area (Å²) in [5.41, 5.74) is 1.97. The molecule has 1 N–H and O–H groups in total. The van der Waals surface area contributed by atoms with Gasteiger partial charge in [-0.1, -0.05) is 24.0 Å². The van der Waals surface area contributed by atoms with E-state index in [4.69, 9.17) is 5.11 Å². The molecule has 21 heavy (non-hydrogen) atoms. The van der Waals surface area contributed by atoms with Crippen LogP contribution in [0.3, 0.4) is 0 Å². The molecule has 1 aromatic carbocycles. The largest absolute Gasteiger partial charge is 0.395 e. The molecule has 4 heteroatoms. The van der Waals surface area contributed by atoms with Crippen LogP contribution in [-0.2, 0) is 13.1 Å². The smallest absolute Gasteiger partial charge is 0.123 e. The Morgan fingerprint density at radius 1 is 1.29 bits per heavy atom. The Morgan fingerprint density at radius 3 is 2.90 bits per heavy atom. The molecule has 0 bridgehead atoms. The number of benzene rings is 1. The van der Waals surface area contributed by atoms with Crippen LogP contribution < -0.4 is 0 Å². The lowest BCUT2D eigenvalue weighted by Crippen LogP contribution is -2.17. The Hall–Kier alpha value is -1.67. The molecule has 0 unspecified atom stereocenters. The van der Waals surface area contributed by atoms with Crippen molar-refractivity contribution >= 4 is 11.3 Å². The number of aliphatic hydroxyl groups excluding tert-OH is 1. The van der Waals surface area contributed by atoms with Crippen molar-refractivity contribution in [2.45, 2.75) is 19.5 Å². The van der Waals surface area contributed by atoms with Crippen LogP contribution in [-0.4, -0.2) is 23.7 Å². The van der Waals surface area contributed by atoms with E-state index in [9.17, 15) is 4.39 Å². The van der Waals surface area contributed by atoms with E-state index >= 15 is 0 Å². The highest BCUT2D eigenvalue weighted by molar-refractivity contribution is 7.10. The molecule has 1 heterocycles. The summed E-state index contributed by atoms with van der Waals surface area (Å²) in [4.78, 5) is 3.33. The maximum absolute atomic E-state index is 13.2. The van der Waals surface area contributed by atoms with Crippen LogP contribution in [0.1, 0.15) is 22.4 Å². The van der Waals surface area contributed by atoms with E-state index in [2.05, 4.69) is 16.7 Å². The predicted octanol–water partition coefficient (Wildman–Crippen LogP) is 3.25. The normalized spacial score (nSPS) is 10.5. The second kappa shape index (κ2) is 7.94. The van der Waals surface area contributed by atoms with Crippen LogP contribution >= 0.6 is 11.3 Å². The molecule has 0 spiro atoms. The first-order valence-corrected chi connectivity index (χ1v) is 7.66. The van der Waals surface area contributed by atoms with Gasteiger partial charge in [0.15, 0.2) is 0 Å². The molecule has 0 fully saturated rings. The van der Waals surface area contributed by atoms with E-state index in [1.165, 1.54) is 10.9 Å². The minimum Gasteiger partial charge on any atom is -0.395 e. The Kier molecular flexibility index (Phi) is 5.94. The number of rotatable bonds is 5. The number of thiophene rings is 1. The fourth-order valence-electron chi connectivity index (χ4n) is 2.04. The van der Waals surface area contributed by atoms with Gasteiger partial charge in [-0.2, -0.15) is 0 Å². The van der Waals surface area contributed by atoms with Crippen molar-refractivity contribution < 1.29 is 9.50 Å². The number of aliphatic hydroxyl groups is 1. The molecule has 110 valence electrons. The standard InChI is InChI=1S/C17H18FNOS/c1-19(12-14-5-4-7-16(18)11-14)13-17-15(8-10-21-17)6-2-3-9-20/h4-5,7-8,10-11,20H,3,9,12-13H2,1H3. The summed E-state index contributed by atoms with van der Waals surface area (Å²) in [6.45, 7) is 1.56. The van der Waals surface area contributed by atoms with Gasteiger partial charge in [0.2, 0.25) is 0 Å². The van der Waals surface area contributed by atoms with Crippen molar-refractivity contribution in [1.82, 2.24) is 4.90 Å². The number of hydrogen-bond acceptors (Lipinski definition) is 3. The first kappa shape index (κ1) is 15.7. The average molecular weight is 303 g/mol. The van der Waals surface area contributed by atoms with Crippen molar-refractivity contribution in [2.75, 3.05) is 13.7 Å². The third-order valence-electron chi connectivity index (χ3n) is 2.96. The monoisotopic (exact) mass is 303 g/mol. The summed E-state index contributed by atoms with van der Waals surface area (Å²) in [5.74, 6) is 5.83. The Bertz CT molecular complexity index is 641. The van der Waals surface area contributed by atoms with Gasteiger partial charge >= 0.3 is 0 Å². The lowest BCUT2D eigenvalue weighted by molar-refractivity contribution is 0.305. The molecule has 0 aliphatic carbocycles. The van der Waals surface area contributed by atoms with Crippen LogP contribution in [0.2, 0.25) is 0 Å². The molecule has 0 atom stereocenters. The van der Waals surface area contributed by atoms with Gasteiger partial charge in [0, 0.05) is 30.0 Å². The van der Waals surface area contributed by atoms with E-state index in [0.717, 1.165) is 17.7 Å². The minimum absolute atomic E-state index is 0.0892. The number of nitrogens with zero attached hydrogens (tertiary/aromatic N) is 1. The van der Waals surface area contributed by atoms with Crippen molar-refractivity contribution in [1.29, 1.82) is 0 Å². The molecule has 0 radical (unpaired) electrons. The Morgan fingerprint density at radius 2 is 2.14 bits per heavy atom. The molecule has 2 rings (SSSR count). The van der Waals surface area contributed by atoms with E-state index in [0.29, 0.717) is 13.0 Å². The minimum atomic E-state index is -0.201. The first-order valence-electron chi connectivity index (χ1n) is 6.78. The van der Waals surface area contributed by atoms with Gasteiger partial charge in [-0.25, -0.2) is 4.39 Å².